The van der Waals surface area contributed by atoms with Crippen LogP contribution in [0.3, 0.4) is 0 Å². The minimum Gasteiger partial charge on any atom is -0.398 e. The van der Waals surface area contributed by atoms with Crippen LogP contribution in [0.25, 0.3) is 0 Å². The molecule has 2 heterocycles. The largest absolute Gasteiger partial charge is 0.514 e. The summed E-state index contributed by atoms with van der Waals surface area (Å²) < 4.78 is 12.1. The molecule has 0 amide bonds. The molecule has 0 saturated carbocycles. The average Bonchev–Trinajstić information content (AvgIpc) is 2.58. The van der Waals surface area contributed by atoms with Gasteiger partial charge in [-0.15, -0.1) is 0 Å². The van der Waals surface area contributed by atoms with Gasteiger partial charge < -0.3 is 9.31 Å². The fourth-order valence-corrected chi connectivity index (χ4v) is 2.05. The van der Waals surface area contributed by atoms with Gasteiger partial charge in [0.1, 0.15) is 0 Å². The third-order valence-electron chi connectivity index (χ3n) is 4.40. The molecule has 1 aliphatic heterocycles. The molecule has 2 rings (SSSR count). The van der Waals surface area contributed by atoms with Crippen LogP contribution in [0.2, 0.25) is 0 Å². The first-order chi connectivity index (χ1) is 8.77. The Morgan fingerprint density at radius 1 is 1.16 bits per heavy atom. The topological polar surface area (TPSA) is 31.4 Å². The average molecular weight is 261 g/mol. The first-order valence-corrected chi connectivity index (χ1v) is 7.09. The van der Waals surface area contributed by atoms with Crippen LogP contribution in [0, 0.1) is 0 Å². The number of rotatable bonds is 3. The highest BCUT2D eigenvalue weighted by Crippen LogP contribution is 2.36. The van der Waals surface area contributed by atoms with E-state index in [2.05, 4.69) is 47.6 Å². The second-order valence-corrected chi connectivity index (χ2v) is 6.38. The molecule has 0 aliphatic carbocycles. The Bertz CT molecular complexity index is 443. The van der Waals surface area contributed by atoms with E-state index in [9.17, 15) is 0 Å². The van der Waals surface area contributed by atoms with Crippen molar-refractivity contribution < 1.29 is 9.31 Å². The van der Waals surface area contributed by atoms with Crippen molar-refractivity contribution in [3.8, 4) is 0 Å². The van der Waals surface area contributed by atoms with Gasteiger partial charge in [-0.2, -0.15) is 0 Å². The lowest BCUT2D eigenvalue weighted by Gasteiger charge is -2.32. The number of nitrogens with zero attached hydrogens (tertiary/aromatic N) is 1. The van der Waals surface area contributed by atoms with Crippen molar-refractivity contribution >= 4 is 12.7 Å². The molecule has 3 nitrogen and oxygen atoms in total. The van der Waals surface area contributed by atoms with E-state index in [0.29, 0.717) is 5.92 Å². The third kappa shape index (κ3) is 2.70. The number of hydrogen-bond acceptors (Lipinski definition) is 3. The summed E-state index contributed by atoms with van der Waals surface area (Å²) in [6.07, 6.45) is 1.08. The van der Waals surface area contributed by atoms with Crippen molar-refractivity contribution in [2.24, 2.45) is 0 Å². The van der Waals surface area contributed by atoms with E-state index < -0.39 is 0 Å². The van der Waals surface area contributed by atoms with Crippen molar-refractivity contribution in [1.82, 2.24) is 4.98 Å². The fourth-order valence-electron chi connectivity index (χ4n) is 2.05. The summed E-state index contributed by atoms with van der Waals surface area (Å²) in [6.45, 7) is 12.6. The van der Waals surface area contributed by atoms with Crippen LogP contribution in [0.1, 0.15) is 59.6 Å². The molecule has 104 valence electrons. The lowest BCUT2D eigenvalue weighted by Crippen LogP contribution is -2.41. The molecular formula is C15H24BNO2. The highest BCUT2D eigenvalue weighted by Gasteiger charge is 2.52. The van der Waals surface area contributed by atoms with E-state index in [4.69, 9.17) is 14.3 Å². The van der Waals surface area contributed by atoms with Crippen LogP contribution in [0.5, 0.6) is 0 Å². The Kier molecular flexibility index (Phi) is 3.76. The van der Waals surface area contributed by atoms with Crippen LogP contribution in [-0.2, 0) is 9.31 Å². The van der Waals surface area contributed by atoms with Gasteiger partial charge in [0.25, 0.3) is 0 Å². The molecular weight excluding hydrogens is 237 g/mol. The van der Waals surface area contributed by atoms with E-state index in [0.717, 1.165) is 17.7 Å². The van der Waals surface area contributed by atoms with Crippen molar-refractivity contribution in [1.29, 1.82) is 0 Å². The molecule has 0 radical (unpaired) electrons. The second kappa shape index (κ2) is 4.91. The zero-order valence-electron chi connectivity index (χ0n) is 12.9. The van der Waals surface area contributed by atoms with Crippen LogP contribution >= 0.6 is 0 Å². The summed E-state index contributed by atoms with van der Waals surface area (Å²) in [6, 6.07) is 6.09. The van der Waals surface area contributed by atoms with Crippen LogP contribution in [0.4, 0.5) is 0 Å². The van der Waals surface area contributed by atoms with Gasteiger partial charge >= 0.3 is 7.12 Å². The summed E-state index contributed by atoms with van der Waals surface area (Å²) in [5, 5.41) is 0. The standard InChI is InChI=1S/C15H24BNO2/c1-7-11(2)12-9-8-10-13(17-12)16-18-14(3,4)15(5,6)19-16/h8-11H,7H2,1-6H3. The number of pyridine rings is 1. The molecule has 0 aromatic carbocycles. The maximum atomic E-state index is 6.03. The Labute approximate surface area is 116 Å². The molecule has 1 unspecified atom stereocenters. The zero-order valence-corrected chi connectivity index (χ0v) is 12.9. The van der Waals surface area contributed by atoms with Gasteiger partial charge in [0.2, 0.25) is 0 Å². The molecule has 0 spiro atoms. The summed E-state index contributed by atoms with van der Waals surface area (Å²) in [4.78, 5) is 4.71. The first-order valence-electron chi connectivity index (χ1n) is 7.09. The fraction of sp³-hybridized carbons (Fsp3) is 0.667. The number of hydrogen-bond donors (Lipinski definition) is 0. The zero-order chi connectivity index (χ0) is 14.3. The van der Waals surface area contributed by atoms with Crippen molar-refractivity contribution in [3.05, 3.63) is 23.9 Å². The second-order valence-electron chi connectivity index (χ2n) is 6.38. The van der Waals surface area contributed by atoms with Gasteiger partial charge in [0.05, 0.1) is 16.8 Å². The van der Waals surface area contributed by atoms with Gasteiger partial charge in [-0.3, -0.25) is 4.98 Å². The Morgan fingerprint density at radius 3 is 2.26 bits per heavy atom. The van der Waals surface area contributed by atoms with E-state index in [-0.39, 0.29) is 18.3 Å². The summed E-state index contributed by atoms with van der Waals surface area (Å²) in [7, 11) is -0.367. The third-order valence-corrected chi connectivity index (χ3v) is 4.40. The highest BCUT2D eigenvalue weighted by atomic mass is 16.7. The Balaban J connectivity index is 2.25. The van der Waals surface area contributed by atoms with Gasteiger partial charge in [-0.25, -0.2) is 0 Å². The van der Waals surface area contributed by atoms with E-state index in [1.807, 2.05) is 12.1 Å². The van der Waals surface area contributed by atoms with Crippen LogP contribution < -0.4 is 5.59 Å². The minimum atomic E-state index is -0.367. The quantitative estimate of drug-likeness (QED) is 0.784. The monoisotopic (exact) mass is 261 g/mol. The molecule has 1 aromatic rings. The maximum Gasteiger partial charge on any atom is 0.514 e. The van der Waals surface area contributed by atoms with E-state index in [1.54, 1.807) is 0 Å². The molecule has 4 heteroatoms. The molecule has 1 aromatic heterocycles. The smallest absolute Gasteiger partial charge is 0.398 e. The molecule has 1 aliphatic rings. The lowest BCUT2D eigenvalue weighted by atomic mass is 9.83. The number of aromatic nitrogens is 1. The van der Waals surface area contributed by atoms with Gasteiger partial charge in [-0.05, 0) is 52.2 Å². The minimum absolute atomic E-state index is 0.314. The highest BCUT2D eigenvalue weighted by molar-refractivity contribution is 6.61. The van der Waals surface area contributed by atoms with Crippen LogP contribution in [-0.4, -0.2) is 23.3 Å². The normalized spacial score (nSPS) is 22.5. The molecule has 1 saturated heterocycles. The van der Waals surface area contributed by atoms with Gasteiger partial charge in [0.15, 0.2) is 0 Å². The SMILES string of the molecule is CCC(C)c1cccc(B2OC(C)(C)C(C)(C)O2)n1. The summed E-state index contributed by atoms with van der Waals surface area (Å²) in [5.41, 5.74) is 1.35. The molecule has 19 heavy (non-hydrogen) atoms. The van der Waals surface area contributed by atoms with Crippen molar-refractivity contribution in [2.45, 2.75) is 65.1 Å². The predicted molar refractivity (Wildman–Crippen MR) is 78.7 cm³/mol. The Morgan fingerprint density at radius 2 is 1.74 bits per heavy atom. The van der Waals surface area contributed by atoms with E-state index >= 15 is 0 Å². The molecule has 0 N–H and O–H groups in total. The molecule has 0 bridgehead atoms. The molecule has 1 fully saturated rings. The predicted octanol–water partition coefficient (Wildman–Crippen LogP) is 2.89. The maximum absolute atomic E-state index is 6.03. The van der Waals surface area contributed by atoms with Crippen LogP contribution in [0.15, 0.2) is 18.2 Å². The lowest BCUT2D eigenvalue weighted by molar-refractivity contribution is 0.00578. The Hall–Kier alpha value is -0.865. The van der Waals surface area contributed by atoms with Gasteiger partial charge in [-0.1, -0.05) is 19.9 Å². The molecule has 1 atom stereocenters. The summed E-state index contributed by atoms with van der Waals surface area (Å²) in [5.74, 6) is 0.461. The first kappa shape index (κ1) is 14.5. The summed E-state index contributed by atoms with van der Waals surface area (Å²) >= 11 is 0. The van der Waals surface area contributed by atoms with Crippen molar-refractivity contribution in [2.75, 3.05) is 0 Å². The van der Waals surface area contributed by atoms with Crippen molar-refractivity contribution in [3.63, 3.8) is 0 Å². The van der Waals surface area contributed by atoms with E-state index in [1.165, 1.54) is 0 Å². The van der Waals surface area contributed by atoms with Gasteiger partial charge in [0, 0.05) is 5.69 Å².